The van der Waals surface area contributed by atoms with Crippen LogP contribution >= 0.6 is 0 Å². The molecule has 1 aliphatic rings. The normalized spacial score (nSPS) is 15.2. The lowest BCUT2D eigenvalue weighted by Gasteiger charge is -2.34. The fourth-order valence-electron chi connectivity index (χ4n) is 3.41. The Morgan fingerprint density at radius 3 is 2.19 bits per heavy atom. The van der Waals surface area contributed by atoms with Crippen LogP contribution in [0.2, 0.25) is 0 Å². The molecule has 1 aliphatic heterocycles. The predicted octanol–water partition coefficient (Wildman–Crippen LogP) is 3.90. The molecule has 1 aromatic heterocycles. The molecular weight excluding hydrogens is 324 g/mol. The molecule has 0 radical (unpaired) electrons. The van der Waals surface area contributed by atoms with E-state index in [0.717, 1.165) is 43.9 Å². The molecule has 0 bridgehead atoms. The number of carbonyl (C=O) groups is 1. The molecule has 0 spiro atoms. The number of piperazine rings is 1. The van der Waals surface area contributed by atoms with Crippen LogP contribution in [0.5, 0.6) is 0 Å². The minimum Gasteiger partial charge on any atom is -0.459 e. The fourth-order valence-corrected chi connectivity index (χ4v) is 3.41. The maximum atomic E-state index is 12.9. The Bertz CT molecular complexity index is 850. The monoisotopic (exact) mass is 346 g/mol. The first-order valence-electron chi connectivity index (χ1n) is 9.00. The van der Waals surface area contributed by atoms with Gasteiger partial charge in [-0.25, -0.2) is 0 Å². The van der Waals surface area contributed by atoms with Crippen LogP contribution in [-0.2, 0) is 6.54 Å². The summed E-state index contributed by atoms with van der Waals surface area (Å²) in [5.74, 6) is 0.418. The number of nitrogens with zero attached hydrogens (tertiary/aromatic N) is 2. The van der Waals surface area contributed by atoms with Crippen molar-refractivity contribution in [3.8, 4) is 11.1 Å². The molecule has 2 heterocycles. The summed E-state index contributed by atoms with van der Waals surface area (Å²) in [6.45, 7) is 4.13. The maximum absolute atomic E-state index is 12.9. The first-order chi connectivity index (χ1) is 12.8. The molecule has 0 unspecified atom stereocenters. The van der Waals surface area contributed by atoms with Crippen LogP contribution in [0.1, 0.15) is 16.1 Å². The Hall–Kier alpha value is -2.85. The number of hydrogen-bond donors (Lipinski definition) is 0. The smallest absolute Gasteiger partial charge is 0.290 e. The van der Waals surface area contributed by atoms with Gasteiger partial charge in [0.2, 0.25) is 0 Å². The van der Waals surface area contributed by atoms with Crippen molar-refractivity contribution in [1.82, 2.24) is 9.80 Å². The molecule has 1 amide bonds. The van der Waals surface area contributed by atoms with Crippen LogP contribution in [0.25, 0.3) is 11.1 Å². The van der Waals surface area contributed by atoms with Crippen molar-refractivity contribution in [2.24, 2.45) is 0 Å². The lowest BCUT2D eigenvalue weighted by atomic mass is 10.1. The van der Waals surface area contributed by atoms with Crippen molar-refractivity contribution in [1.29, 1.82) is 0 Å². The van der Waals surface area contributed by atoms with E-state index in [1.807, 2.05) is 47.4 Å². The second-order valence-electron chi connectivity index (χ2n) is 6.58. The molecule has 0 N–H and O–H groups in total. The molecular formula is C22H22N2O2. The molecule has 4 rings (SSSR count). The summed E-state index contributed by atoms with van der Waals surface area (Å²) >= 11 is 0. The Morgan fingerprint density at radius 2 is 1.50 bits per heavy atom. The van der Waals surface area contributed by atoms with Gasteiger partial charge in [0.1, 0.15) is 0 Å². The highest BCUT2D eigenvalue weighted by molar-refractivity contribution is 5.98. The van der Waals surface area contributed by atoms with Crippen molar-refractivity contribution in [3.63, 3.8) is 0 Å². The number of benzene rings is 2. The van der Waals surface area contributed by atoms with E-state index in [0.29, 0.717) is 5.76 Å². The van der Waals surface area contributed by atoms with Crippen molar-refractivity contribution in [3.05, 3.63) is 84.3 Å². The van der Waals surface area contributed by atoms with Crippen molar-refractivity contribution < 1.29 is 9.21 Å². The summed E-state index contributed by atoms with van der Waals surface area (Å²) in [5.41, 5.74) is 3.18. The third-order valence-corrected chi connectivity index (χ3v) is 4.85. The molecule has 1 saturated heterocycles. The van der Waals surface area contributed by atoms with Gasteiger partial charge in [0.15, 0.2) is 5.76 Å². The second-order valence-corrected chi connectivity index (χ2v) is 6.58. The molecule has 132 valence electrons. The van der Waals surface area contributed by atoms with Crippen LogP contribution in [0.15, 0.2) is 77.4 Å². The number of rotatable bonds is 4. The Balaban J connectivity index is 1.41. The first-order valence-corrected chi connectivity index (χ1v) is 9.00. The second kappa shape index (κ2) is 7.58. The highest BCUT2D eigenvalue weighted by atomic mass is 16.3. The first kappa shape index (κ1) is 16.6. The van der Waals surface area contributed by atoms with Gasteiger partial charge >= 0.3 is 0 Å². The van der Waals surface area contributed by atoms with Gasteiger partial charge in [0.05, 0.1) is 6.26 Å². The van der Waals surface area contributed by atoms with Crippen molar-refractivity contribution in [2.75, 3.05) is 26.2 Å². The third-order valence-electron chi connectivity index (χ3n) is 4.85. The molecule has 0 atom stereocenters. The largest absolute Gasteiger partial charge is 0.459 e. The average Bonchev–Trinajstić information content (AvgIpc) is 3.19. The van der Waals surface area contributed by atoms with E-state index in [1.54, 1.807) is 6.26 Å². The highest BCUT2D eigenvalue weighted by Gasteiger charge is 2.26. The van der Waals surface area contributed by atoms with Crippen LogP contribution in [0.3, 0.4) is 0 Å². The van der Waals surface area contributed by atoms with Crippen molar-refractivity contribution in [2.45, 2.75) is 6.54 Å². The van der Waals surface area contributed by atoms with Gasteiger partial charge in [-0.1, -0.05) is 60.7 Å². The van der Waals surface area contributed by atoms with Crippen LogP contribution in [0, 0.1) is 0 Å². The minimum atomic E-state index is -0.0202. The molecule has 1 fully saturated rings. The molecule has 26 heavy (non-hydrogen) atoms. The zero-order chi connectivity index (χ0) is 17.8. The van der Waals surface area contributed by atoms with Crippen LogP contribution in [0.4, 0.5) is 0 Å². The summed E-state index contributed by atoms with van der Waals surface area (Å²) in [5, 5.41) is 0. The molecule has 0 aliphatic carbocycles. The molecule has 4 heteroatoms. The van der Waals surface area contributed by atoms with Gasteiger partial charge in [-0.2, -0.15) is 0 Å². The Labute approximate surface area is 153 Å². The fraction of sp³-hybridized carbons (Fsp3) is 0.227. The average molecular weight is 346 g/mol. The minimum absolute atomic E-state index is 0.0202. The standard InChI is InChI=1S/C22H22N2O2/c25-22(21-20(11-16-26-21)19-9-5-2-6-10-19)24-14-12-23(13-15-24)17-18-7-3-1-4-8-18/h1-11,16H,12-15,17H2. The SMILES string of the molecule is O=C(c1occc1-c1ccccc1)N1CCN(Cc2ccccc2)CC1. The van der Waals surface area contributed by atoms with Gasteiger partial charge in [0.25, 0.3) is 5.91 Å². The summed E-state index contributed by atoms with van der Waals surface area (Å²) in [6, 6.07) is 22.2. The summed E-state index contributed by atoms with van der Waals surface area (Å²) in [4.78, 5) is 17.2. The van der Waals surface area contributed by atoms with Gasteiger partial charge in [0, 0.05) is 38.3 Å². The van der Waals surface area contributed by atoms with E-state index in [4.69, 9.17) is 4.42 Å². The zero-order valence-electron chi connectivity index (χ0n) is 14.7. The lowest BCUT2D eigenvalue weighted by Crippen LogP contribution is -2.48. The van der Waals surface area contributed by atoms with Crippen LogP contribution in [-0.4, -0.2) is 41.9 Å². The van der Waals surface area contributed by atoms with E-state index in [2.05, 4.69) is 29.2 Å². The summed E-state index contributed by atoms with van der Waals surface area (Å²) in [7, 11) is 0. The van der Waals surface area contributed by atoms with E-state index in [-0.39, 0.29) is 5.91 Å². The van der Waals surface area contributed by atoms with E-state index < -0.39 is 0 Å². The van der Waals surface area contributed by atoms with E-state index in [1.165, 1.54) is 5.56 Å². The predicted molar refractivity (Wildman–Crippen MR) is 102 cm³/mol. The number of hydrogen-bond acceptors (Lipinski definition) is 3. The molecule has 0 saturated carbocycles. The number of amides is 1. The lowest BCUT2D eigenvalue weighted by molar-refractivity contribution is 0.0599. The van der Waals surface area contributed by atoms with Crippen molar-refractivity contribution >= 4 is 5.91 Å². The van der Waals surface area contributed by atoms with Gasteiger partial charge < -0.3 is 9.32 Å². The number of carbonyl (C=O) groups excluding carboxylic acids is 1. The summed E-state index contributed by atoms with van der Waals surface area (Å²) in [6.07, 6.45) is 1.60. The summed E-state index contributed by atoms with van der Waals surface area (Å²) < 4.78 is 5.55. The highest BCUT2D eigenvalue weighted by Crippen LogP contribution is 2.26. The third kappa shape index (κ3) is 3.55. The topological polar surface area (TPSA) is 36.7 Å². The number of furan rings is 1. The molecule has 2 aromatic carbocycles. The van der Waals surface area contributed by atoms with E-state index >= 15 is 0 Å². The van der Waals surface area contributed by atoms with Gasteiger partial charge in [-0.05, 0) is 17.2 Å². The van der Waals surface area contributed by atoms with E-state index in [9.17, 15) is 4.79 Å². The maximum Gasteiger partial charge on any atom is 0.290 e. The van der Waals surface area contributed by atoms with Crippen LogP contribution < -0.4 is 0 Å². The zero-order valence-corrected chi connectivity index (χ0v) is 14.7. The molecule has 4 nitrogen and oxygen atoms in total. The van der Waals surface area contributed by atoms with Gasteiger partial charge in [-0.3, -0.25) is 9.69 Å². The Morgan fingerprint density at radius 1 is 0.846 bits per heavy atom. The Kier molecular flexibility index (Phi) is 4.84. The van der Waals surface area contributed by atoms with Gasteiger partial charge in [-0.15, -0.1) is 0 Å². The molecule has 3 aromatic rings. The quantitative estimate of drug-likeness (QED) is 0.719.